The Morgan fingerprint density at radius 2 is 1.57 bits per heavy atom. The summed E-state index contributed by atoms with van der Waals surface area (Å²) in [5.41, 5.74) is 0. The van der Waals surface area contributed by atoms with Crippen LogP contribution in [-0.4, -0.2) is 12.1 Å². The predicted octanol–water partition coefficient (Wildman–Crippen LogP) is 3.40. The van der Waals surface area contributed by atoms with Gasteiger partial charge in [-0.1, -0.05) is 27.7 Å². The number of rotatable bonds is 6. The smallest absolute Gasteiger partial charge is 0.306 e. The molecule has 84 valence electrons. The molecule has 2 heteroatoms. The number of carbonyl (C=O) groups excluding carboxylic acids is 1. The Morgan fingerprint density at radius 1 is 1.00 bits per heavy atom. The molecule has 0 aliphatic heterocycles. The van der Waals surface area contributed by atoms with Crippen LogP contribution in [-0.2, 0) is 9.53 Å². The van der Waals surface area contributed by atoms with Crippen molar-refractivity contribution in [3.8, 4) is 0 Å². The number of esters is 1. The van der Waals surface area contributed by atoms with E-state index in [0.717, 1.165) is 12.8 Å². The minimum Gasteiger partial charge on any atom is -0.463 e. The van der Waals surface area contributed by atoms with Gasteiger partial charge in [0.2, 0.25) is 0 Å². The second kappa shape index (κ2) is 6.86. The molecule has 0 saturated carbocycles. The van der Waals surface area contributed by atoms with Crippen LogP contribution < -0.4 is 0 Å². The van der Waals surface area contributed by atoms with Gasteiger partial charge < -0.3 is 4.74 Å². The van der Waals surface area contributed by atoms with Crippen molar-refractivity contribution < 1.29 is 9.53 Å². The molecule has 1 atom stereocenters. The summed E-state index contributed by atoms with van der Waals surface area (Å²) < 4.78 is 5.27. The third kappa shape index (κ3) is 8.09. The Bertz CT molecular complexity index is 162. The average Bonchev–Trinajstić information content (AvgIpc) is 1.98. The normalized spacial score (nSPS) is 13.4. The minimum atomic E-state index is -0.0590. The van der Waals surface area contributed by atoms with E-state index in [4.69, 9.17) is 4.74 Å². The van der Waals surface area contributed by atoms with Crippen LogP contribution in [0, 0.1) is 11.8 Å². The third-order valence-corrected chi connectivity index (χ3v) is 2.06. The van der Waals surface area contributed by atoms with Gasteiger partial charge in [-0.2, -0.15) is 0 Å². The van der Waals surface area contributed by atoms with Crippen molar-refractivity contribution in [1.82, 2.24) is 0 Å². The molecule has 0 radical (unpaired) electrons. The van der Waals surface area contributed by atoms with Crippen molar-refractivity contribution in [1.29, 1.82) is 0 Å². The summed E-state index contributed by atoms with van der Waals surface area (Å²) in [6.45, 7) is 10.4. The second-order valence-corrected chi connectivity index (χ2v) is 4.87. The first-order valence-electron chi connectivity index (χ1n) is 5.61. The zero-order valence-electron chi connectivity index (χ0n) is 10.2. The number of hydrogen-bond donors (Lipinski definition) is 0. The molecule has 0 aliphatic rings. The van der Waals surface area contributed by atoms with Gasteiger partial charge in [0, 0.05) is 6.42 Å². The Morgan fingerprint density at radius 3 is 2.00 bits per heavy atom. The molecule has 0 fully saturated rings. The van der Waals surface area contributed by atoms with Crippen LogP contribution in [0.1, 0.15) is 53.9 Å². The molecule has 0 aromatic heterocycles. The van der Waals surface area contributed by atoms with Gasteiger partial charge in [-0.25, -0.2) is 0 Å². The lowest BCUT2D eigenvalue weighted by Crippen LogP contribution is -2.16. The van der Waals surface area contributed by atoms with Crippen molar-refractivity contribution in [2.45, 2.75) is 60.0 Å². The quantitative estimate of drug-likeness (QED) is 0.614. The molecule has 0 aliphatic carbocycles. The Kier molecular flexibility index (Phi) is 6.60. The first-order valence-corrected chi connectivity index (χ1v) is 5.61. The molecule has 0 bridgehead atoms. The van der Waals surface area contributed by atoms with Crippen LogP contribution in [0.5, 0.6) is 0 Å². The van der Waals surface area contributed by atoms with E-state index >= 15 is 0 Å². The maximum Gasteiger partial charge on any atom is 0.306 e. The molecule has 0 amide bonds. The fraction of sp³-hybridized carbons (Fsp3) is 0.917. The topological polar surface area (TPSA) is 26.3 Å². The highest BCUT2D eigenvalue weighted by molar-refractivity contribution is 5.69. The molecule has 0 heterocycles. The highest BCUT2D eigenvalue weighted by atomic mass is 16.5. The first-order chi connectivity index (χ1) is 6.41. The van der Waals surface area contributed by atoms with Crippen molar-refractivity contribution in [2.24, 2.45) is 11.8 Å². The molecule has 0 N–H and O–H groups in total. The van der Waals surface area contributed by atoms with Gasteiger partial charge in [-0.05, 0) is 31.6 Å². The van der Waals surface area contributed by atoms with E-state index in [9.17, 15) is 4.79 Å². The molecule has 0 rings (SSSR count). The van der Waals surface area contributed by atoms with Crippen molar-refractivity contribution in [3.63, 3.8) is 0 Å². The van der Waals surface area contributed by atoms with E-state index in [1.165, 1.54) is 0 Å². The summed E-state index contributed by atoms with van der Waals surface area (Å²) in [5, 5.41) is 0. The summed E-state index contributed by atoms with van der Waals surface area (Å²) in [6.07, 6.45) is 2.70. The Labute approximate surface area is 88.0 Å². The molecule has 0 aromatic rings. The average molecular weight is 200 g/mol. The molecular formula is C12H24O2. The van der Waals surface area contributed by atoms with Gasteiger partial charge in [-0.3, -0.25) is 4.79 Å². The lowest BCUT2D eigenvalue weighted by atomic mass is 10.1. The fourth-order valence-electron chi connectivity index (χ4n) is 1.23. The number of hydrogen-bond acceptors (Lipinski definition) is 2. The lowest BCUT2D eigenvalue weighted by Gasteiger charge is -2.15. The highest BCUT2D eigenvalue weighted by Gasteiger charge is 2.11. The first kappa shape index (κ1) is 13.5. The summed E-state index contributed by atoms with van der Waals surface area (Å²) >= 11 is 0. The predicted molar refractivity (Wildman–Crippen MR) is 59.1 cm³/mol. The maximum atomic E-state index is 11.3. The standard InChI is InChI=1S/C12H24O2/c1-9(2)6-7-11(5)14-12(13)8-10(3)4/h9-11H,6-8H2,1-5H3. The van der Waals surface area contributed by atoms with E-state index in [2.05, 4.69) is 13.8 Å². The van der Waals surface area contributed by atoms with Gasteiger partial charge in [0.05, 0.1) is 6.10 Å². The van der Waals surface area contributed by atoms with Gasteiger partial charge >= 0.3 is 5.97 Å². The third-order valence-electron chi connectivity index (χ3n) is 2.06. The summed E-state index contributed by atoms with van der Waals surface area (Å²) in [4.78, 5) is 11.3. The van der Waals surface area contributed by atoms with Gasteiger partial charge in [0.15, 0.2) is 0 Å². The fourth-order valence-corrected chi connectivity index (χ4v) is 1.23. The van der Waals surface area contributed by atoms with E-state index < -0.39 is 0 Å². The molecule has 2 nitrogen and oxygen atoms in total. The molecule has 14 heavy (non-hydrogen) atoms. The number of carbonyl (C=O) groups is 1. The molecule has 0 aromatic carbocycles. The largest absolute Gasteiger partial charge is 0.463 e. The zero-order chi connectivity index (χ0) is 11.1. The second-order valence-electron chi connectivity index (χ2n) is 4.87. The van der Waals surface area contributed by atoms with Crippen LogP contribution in [0.3, 0.4) is 0 Å². The minimum absolute atomic E-state index is 0.0590. The molecule has 1 unspecified atom stereocenters. The Balaban J connectivity index is 3.60. The molecule has 0 spiro atoms. The summed E-state index contributed by atoms with van der Waals surface area (Å²) in [5.74, 6) is 1.01. The van der Waals surface area contributed by atoms with E-state index in [1.54, 1.807) is 0 Å². The van der Waals surface area contributed by atoms with Gasteiger partial charge in [0.1, 0.15) is 0 Å². The molecular weight excluding hydrogens is 176 g/mol. The SMILES string of the molecule is CC(C)CCC(C)OC(=O)CC(C)C. The van der Waals surface area contributed by atoms with Crippen molar-refractivity contribution in [2.75, 3.05) is 0 Å². The van der Waals surface area contributed by atoms with Crippen LogP contribution >= 0.6 is 0 Å². The zero-order valence-corrected chi connectivity index (χ0v) is 10.2. The number of ether oxygens (including phenoxy) is 1. The monoisotopic (exact) mass is 200 g/mol. The Hall–Kier alpha value is -0.530. The van der Waals surface area contributed by atoms with Gasteiger partial charge in [0.25, 0.3) is 0 Å². The van der Waals surface area contributed by atoms with E-state index in [1.807, 2.05) is 20.8 Å². The van der Waals surface area contributed by atoms with E-state index in [-0.39, 0.29) is 12.1 Å². The van der Waals surface area contributed by atoms with Gasteiger partial charge in [-0.15, -0.1) is 0 Å². The van der Waals surface area contributed by atoms with Crippen LogP contribution in [0.15, 0.2) is 0 Å². The maximum absolute atomic E-state index is 11.3. The van der Waals surface area contributed by atoms with Crippen LogP contribution in [0.4, 0.5) is 0 Å². The van der Waals surface area contributed by atoms with Crippen LogP contribution in [0.2, 0.25) is 0 Å². The van der Waals surface area contributed by atoms with Crippen LogP contribution in [0.25, 0.3) is 0 Å². The lowest BCUT2D eigenvalue weighted by molar-refractivity contribution is -0.149. The van der Waals surface area contributed by atoms with E-state index in [0.29, 0.717) is 18.3 Å². The highest BCUT2D eigenvalue weighted by Crippen LogP contribution is 2.11. The van der Waals surface area contributed by atoms with Crippen molar-refractivity contribution in [3.05, 3.63) is 0 Å². The molecule has 0 saturated heterocycles. The summed E-state index contributed by atoms with van der Waals surface area (Å²) in [6, 6.07) is 0. The summed E-state index contributed by atoms with van der Waals surface area (Å²) in [7, 11) is 0. The van der Waals surface area contributed by atoms with Crippen molar-refractivity contribution >= 4 is 5.97 Å².